The Morgan fingerprint density at radius 2 is 2.28 bits per heavy atom. The van der Waals surface area contributed by atoms with Crippen LogP contribution in [0.15, 0.2) is 18.2 Å². The predicted molar refractivity (Wildman–Crippen MR) is 65.4 cm³/mol. The molecule has 0 radical (unpaired) electrons. The van der Waals surface area contributed by atoms with Crippen LogP contribution in [0.5, 0.6) is 0 Å². The van der Waals surface area contributed by atoms with Gasteiger partial charge in [-0.2, -0.15) is 0 Å². The first-order chi connectivity index (χ1) is 8.58. The fourth-order valence-corrected chi connectivity index (χ4v) is 2.46. The third kappa shape index (κ3) is 1.45. The molecule has 1 fully saturated rings. The summed E-state index contributed by atoms with van der Waals surface area (Å²) >= 11 is 0. The maximum absolute atomic E-state index is 13.1. The maximum Gasteiger partial charge on any atom is 0.245 e. The number of hydrogen-bond donors (Lipinski definition) is 1. The van der Waals surface area contributed by atoms with E-state index < -0.39 is 0 Å². The summed E-state index contributed by atoms with van der Waals surface area (Å²) in [5, 5.41) is 0. The molecular formula is C12H13FN4O. The second-order valence-electron chi connectivity index (χ2n) is 4.54. The van der Waals surface area contributed by atoms with Gasteiger partial charge < -0.3 is 10.6 Å². The van der Waals surface area contributed by atoms with E-state index in [1.54, 1.807) is 22.6 Å². The molecule has 1 aliphatic rings. The van der Waals surface area contributed by atoms with E-state index in [2.05, 4.69) is 4.98 Å². The number of imidazole rings is 1. The van der Waals surface area contributed by atoms with Crippen LogP contribution in [0.1, 0.15) is 12.5 Å². The monoisotopic (exact) mass is 248 g/mol. The Morgan fingerprint density at radius 1 is 1.50 bits per heavy atom. The number of carbonyl (C=O) groups is 1. The largest absolute Gasteiger partial charge is 0.369 e. The molecule has 1 aromatic carbocycles. The van der Waals surface area contributed by atoms with Crippen molar-refractivity contribution in [2.45, 2.75) is 12.5 Å². The highest BCUT2D eigenvalue weighted by Gasteiger charge is 2.32. The van der Waals surface area contributed by atoms with Crippen LogP contribution in [0.4, 0.5) is 10.3 Å². The van der Waals surface area contributed by atoms with Crippen molar-refractivity contribution in [2.75, 3.05) is 19.3 Å². The third-order valence-corrected chi connectivity index (χ3v) is 3.39. The van der Waals surface area contributed by atoms with E-state index in [0.717, 1.165) is 0 Å². The number of likely N-dealkylation sites (tertiary alicyclic amines) is 1. The predicted octanol–water partition coefficient (Wildman–Crippen LogP) is 1.16. The molecule has 2 N–H and O–H groups in total. The number of anilines is 1. The van der Waals surface area contributed by atoms with Crippen LogP contribution in [-0.2, 0) is 4.79 Å². The zero-order chi connectivity index (χ0) is 12.9. The van der Waals surface area contributed by atoms with Gasteiger partial charge in [0.05, 0.1) is 11.0 Å². The lowest BCUT2D eigenvalue weighted by Crippen LogP contribution is -2.25. The molecule has 6 heteroatoms. The van der Waals surface area contributed by atoms with E-state index in [9.17, 15) is 9.18 Å². The van der Waals surface area contributed by atoms with Crippen molar-refractivity contribution >= 4 is 22.9 Å². The van der Waals surface area contributed by atoms with Gasteiger partial charge >= 0.3 is 0 Å². The highest BCUT2D eigenvalue weighted by atomic mass is 19.1. The summed E-state index contributed by atoms with van der Waals surface area (Å²) in [5.74, 6) is -0.0865. The molecule has 0 spiro atoms. The first-order valence-corrected chi connectivity index (χ1v) is 5.76. The maximum atomic E-state index is 13.1. The molecule has 1 amide bonds. The minimum Gasteiger partial charge on any atom is -0.369 e. The molecule has 1 saturated heterocycles. The summed E-state index contributed by atoms with van der Waals surface area (Å²) < 4.78 is 14.8. The van der Waals surface area contributed by atoms with E-state index in [4.69, 9.17) is 5.73 Å². The molecule has 2 heterocycles. The standard InChI is InChI=1S/C12H13FN4O/c1-16-5-4-10(11(16)18)17-9-3-2-7(13)6-8(9)15-12(17)14/h2-3,6,10H,4-5H2,1H3,(H2,14,15). The van der Waals surface area contributed by atoms with Gasteiger partial charge in [0.1, 0.15) is 11.9 Å². The van der Waals surface area contributed by atoms with Crippen LogP contribution < -0.4 is 5.73 Å². The topological polar surface area (TPSA) is 64.2 Å². The lowest BCUT2D eigenvalue weighted by Gasteiger charge is -2.13. The van der Waals surface area contributed by atoms with Crippen LogP contribution in [-0.4, -0.2) is 34.0 Å². The minimum atomic E-state index is -0.359. The zero-order valence-corrected chi connectivity index (χ0v) is 9.93. The third-order valence-electron chi connectivity index (χ3n) is 3.39. The van der Waals surface area contributed by atoms with Gasteiger partial charge in [0.2, 0.25) is 11.9 Å². The molecule has 1 unspecified atom stereocenters. The van der Waals surface area contributed by atoms with Crippen molar-refractivity contribution in [1.82, 2.24) is 14.5 Å². The van der Waals surface area contributed by atoms with Crippen LogP contribution in [0, 0.1) is 5.82 Å². The van der Waals surface area contributed by atoms with Crippen molar-refractivity contribution < 1.29 is 9.18 Å². The summed E-state index contributed by atoms with van der Waals surface area (Å²) in [6.07, 6.45) is 0.697. The van der Waals surface area contributed by atoms with E-state index in [0.29, 0.717) is 24.0 Å². The Bertz CT molecular complexity index is 636. The van der Waals surface area contributed by atoms with Crippen molar-refractivity contribution in [3.8, 4) is 0 Å². The summed E-state index contributed by atoms with van der Waals surface area (Å²) in [5.41, 5.74) is 7.03. The minimum absolute atomic E-state index is 0.0188. The van der Waals surface area contributed by atoms with Gasteiger partial charge in [-0.1, -0.05) is 0 Å². The van der Waals surface area contributed by atoms with Gasteiger partial charge in [-0.25, -0.2) is 9.37 Å². The molecule has 0 bridgehead atoms. The molecule has 0 aliphatic carbocycles. The van der Waals surface area contributed by atoms with E-state index in [1.165, 1.54) is 12.1 Å². The fraction of sp³-hybridized carbons (Fsp3) is 0.333. The molecule has 0 saturated carbocycles. The molecule has 18 heavy (non-hydrogen) atoms. The van der Waals surface area contributed by atoms with Crippen molar-refractivity contribution in [3.63, 3.8) is 0 Å². The van der Waals surface area contributed by atoms with E-state index in [1.807, 2.05) is 0 Å². The molecule has 1 aromatic heterocycles. The Labute approximate surface area is 103 Å². The van der Waals surface area contributed by atoms with Crippen LogP contribution in [0.25, 0.3) is 11.0 Å². The number of carbonyl (C=O) groups excluding carboxylic acids is 1. The molecule has 94 valence electrons. The summed E-state index contributed by atoms with van der Waals surface area (Å²) in [6, 6.07) is 3.96. The van der Waals surface area contributed by atoms with Crippen molar-refractivity contribution in [1.29, 1.82) is 0 Å². The van der Waals surface area contributed by atoms with Crippen LogP contribution >= 0.6 is 0 Å². The highest BCUT2D eigenvalue weighted by Crippen LogP contribution is 2.29. The number of benzene rings is 1. The Hall–Kier alpha value is -2.11. The summed E-state index contributed by atoms with van der Waals surface area (Å²) in [7, 11) is 1.76. The number of fused-ring (bicyclic) bond motifs is 1. The van der Waals surface area contributed by atoms with Gasteiger partial charge in [-0.15, -0.1) is 0 Å². The van der Waals surface area contributed by atoms with Crippen molar-refractivity contribution in [2.24, 2.45) is 0 Å². The first kappa shape index (κ1) is 11.0. The number of nitrogen functional groups attached to an aromatic ring is 1. The number of nitrogens with two attached hydrogens (primary N) is 1. The lowest BCUT2D eigenvalue weighted by molar-refractivity contribution is -0.129. The number of amides is 1. The number of rotatable bonds is 1. The lowest BCUT2D eigenvalue weighted by atomic mass is 10.2. The molecule has 1 aliphatic heterocycles. The Kier molecular flexibility index (Phi) is 2.26. The number of hydrogen-bond acceptors (Lipinski definition) is 3. The van der Waals surface area contributed by atoms with Gasteiger partial charge in [-0.05, 0) is 18.6 Å². The van der Waals surface area contributed by atoms with Gasteiger partial charge in [0, 0.05) is 19.7 Å². The van der Waals surface area contributed by atoms with E-state index >= 15 is 0 Å². The quantitative estimate of drug-likeness (QED) is 0.823. The normalized spacial score (nSPS) is 20.0. The molecule has 5 nitrogen and oxygen atoms in total. The molecule has 3 rings (SSSR count). The van der Waals surface area contributed by atoms with Crippen molar-refractivity contribution in [3.05, 3.63) is 24.0 Å². The number of halogens is 1. The molecule has 1 atom stereocenters. The van der Waals surface area contributed by atoms with E-state index in [-0.39, 0.29) is 23.7 Å². The fourth-order valence-electron chi connectivity index (χ4n) is 2.46. The Morgan fingerprint density at radius 3 is 2.94 bits per heavy atom. The number of likely N-dealkylation sites (N-methyl/N-ethyl adjacent to an activating group) is 1. The molecule has 2 aromatic rings. The zero-order valence-electron chi connectivity index (χ0n) is 9.93. The first-order valence-electron chi connectivity index (χ1n) is 5.76. The second-order valence-corrected chi connectivity index (χ2v) is 4.54. The molecular weight excluding hydrogens is 235 g/mol. The summed E-state index contributed by atoms with van der Waals surface area (Å²) in [6.45, 7) is 0.698. The number of aromatic nitrogens is 2. The van der Waals surface area contributed by atoms with Gasteiger partial charge in [0.15, 0.2) is 0 Å². The average Bonchev–Trinajstić information content (AvgIpc) is 2.80. The SMILES string of the molecule is CN1CCC(n2c(N)nc3cc(F)ccc32)C1=O. The Balaban J connectivity index is 2.17. The highest BCUT2D eigenvalue weighted by molar-refractivity contribution is 5.87. The van der Waals surface area contributed by atoms with Crippen LogP contribution in [0.2, 0.25) is 0 Å². The van der Waals surface area contributed by atoms with Crippen LogP contribution in [0.3, 0.4) is 0 Å². The van der Waals surface area contributed by atoms with Gasteiger partial charge in [0.25, 0.3) is 0 Å². The van der Waals surface area contributed by atoms with Gasteiger partial charge in [-0.3, -0.25) is 9.36 Å². The summed E-state index contributed by atoms with van der Waals surface area (Å²) in [4.78, 5) is 17.8. The smallest absolute Gasteiger partial charge is 0.245 e. The second kappa shape index (κ2) is 3.69. The average molecular weight is 248 g/mol. The number of nitrogens with zero attached hydrogens (tertiary/aromatic N) is 3.